The number of hydrogen-bond donors (Lipinski definition) is 3. The molecular weight excluding hydrogens is 661 g/mol. The summed E-state index contributed by atoms with van der Waals surface area (Å²) in [4.78, 5) is 10.6. The fourth-order valence-electron chi connectivity index (χ4n) is 2.52. The van der Waals surface area contributed by atoms with Crippen molar-refractivity contribution in [2.45, 2.75) is 55.4 Å². The smallest absolute Gasteiger partial charge is 0.180 e. The Balaban J connectivity index is 0.000000274. The fourth-order valence-corrected chi connectivity index (χ4v) is 4.24. The van der Waals surface area contributed by atoms with E-state index in [4.69, 9.17) is 4.42 Å². The molecule has 13 heteroatoms. The molecule has 0 aliphatic rings. The van der Waals surface area contributed by atoms with Crippen LogP contribution in [0.5, 0.6) is 0 Å². The fraction of sp³-hybridized carbons (Fsp3) is 0.229. The van der Waals surface area contributed by atoms with Crippen molar-refractivity contribution < 1.29 is 8.83 Å². The summed E-state index contributed by atoms with van der Waals surface area (Å²) >= 11 is 4.86. The maximum atomic E-state index is 4.71. The Morgan fingerprint density at radius 1 is 0.646 bits per heavy atom. The van der Waals surface area contributed by atoms with Crippen LogP contribution >= 0.6 is 34.2 Å². The van der Waals surface area contributed by atoms with Gasteiger partial charge in [0.25, 0.3) is 0 Å². The topological polar surface area (TPSA) is 138 Å². The number of hydrogen-bond acceptors (Lipinski definition) is 10. The van der Waals surface area contributed by atoms with E-state index in [2.05, 4.69) is 74.8 Å². The molecule has 10 nitrogen and oxygen atoms in total. The molecule has 0 aromatic carbocycles. The molecule has 48 heavy (non-hydrogen) atoms. The van der Waals surface area contributed by atoms with Gasteiger partial charge >= 0.3 is 0 Å². The highest BCUT2D eigenvalue weighted by atomic mass is 32.1. The first kappa shape index (κ1) is 41.2. The molecule has 0 aliphatic carbocycles. The van der Waals surface area contributed by atoms with Crippen LogP contribution in [0.15, 0.2) is 122 Å². The van der Waals surface area contributed by atoms with Crippen LogP contribution in [0.25, 0.3) is 0 Å². The molecule has 0 atom stereocenters. The number of furan rings is 1. The molecule has 0 unspecified atom stereocenters. The Labute approximate surface area is 295 Å². The molecule has 0 fully saturated rings. The number of rotatable bonds is 0. The zero-order valence-corrected chi connectivity index (χ0v) is 31.2. The van der Waals surface area contributed by atoms with Crippen molar-refractivity contribution in [1.82, 2.24) is 39.7 Å². The molecule has 0 spiro atoms. The van der Waals surface area contributed by atoms with Crippen LogP contribution in [-0.4, -0.2) is 39.7 Å². The molecule has 0 amide bonds. The Kier molecular flexibility index (Phi) is 23.4. The molecule has 0 saturated heterocycles. The molecule has 8 aromatic heterocycles. The van der Waals surface area contributed by atoms with E-state index in [0.29, 0.717) is 0 Å². The lowest BCUT2D eigenvalue weighted by atomic mass is 10.4. The second-order valence-electron chi connectivity index (χ2n) is 9.97. The second kappa shape index (κ2) is 27.3. The average Bonchev–Trinajstić information content (AvgIpc) is 3.87. The number of nitrogens with zero attached hydrogens (tertiary/aromatic N) is 5. The van der Waals surface area contributed by atoms with Crippen molar-refractivity contribution >= 4 is 34.2 Å². The van der Waals surface area contributed by atoms with Gasteiger partial charge in [0, 0.05) is 53.1 Å². The highest BCUT2D eigenvalue weighted by Crippen LogP contribution is 2.01. The number of nitrogens with one attached hydrogen (secondary N) is 3. The van der Waals surface area contributed by atoms with Crippen LogP contribution < -0.4 is 0 Å². The van der Waals surface area contributed by atoms with E-state index in [1.54, 1.807) is 53.9 Å². The first-order chi connectivity index (χ1) is 23.2. The summed E-state index contributed by atoms with van der Waals surface area (Å²) in [5, 5.41) is 21.1. The normalized spacial score (nSPS) is 8.83. The monoisotopic (exact) mass is 706 g/mol. The maximum Gasteiger partial charge on any atom is 0.180 e. The Morgan fingerprint density at radius 2 is 1.48 bits per heavy atom. The van der Waals surface area contributed by atoms with Gasteiger partial charge in [-0.3, -0.25) is 15.2 Å². The van der Waals surface area contributed by atoms with Crippen molar-refractivity contribution in [1.29, 1.82) is 0 Å². The first-order valence-electron chi connectivity index (χ1n) is 14.7. The van der Waals surface area contributed by atoms with Gasteiger partial charge in [0.2, 0.25) is 0 Å². The molecule has 8 heterocycles. The van der Waals surface area contributed by atoms with Gasteiger partial charge < -0.3 is 13.8 Å². The summed E-state index contributed by atoms with van der Waals surface area (Å²) in [5.74, 6) is 0. The molecule has 0 saturated carbocycles. The van der Waals surface area contributed by atoms with Crippen LogP contribution in [0, 0.1) is 55.4 Å². The highest BCUT2D eigenvalue weighted by molar-refractivity contribution is 7.08. The van der Waals surface area contributed by atoms with Gasteiger partial charge in [-0.1, -0.05) is 0 Å². The van der Waals surface area contributed by atoms with E-state index in [1.807, 2.05) is 101 Å². The summed E-state index contributed by atoms with van der Waals surface area (Å²) in [6.45, 7) is 16.0. The van der Waals surface area contributed by atoms with Gasteiger partial charge in [-0.25, -0.2) is 9.36 Å². The minimum absolute atomic E-state index is 0.926. The summed E-state index contributed by atoms with van der Waals surface area (Å²) in [5.41, 5.74) is 11.2. The van der Waals surface area contributed by atoms with Crippen LogP contribution in [0.2, 0.25) is 0 Å². The van der Waals surface area contributed by atoms with Gasteiger partial charge in [-0.2, -0.15) is 21.5 Å². The number of aryl methyl sites for hydroxylation is 8. The number of aromatic nitrogens is 8. The molecule has 8 aromatic rings. The van der Waals surface area contributed by atoms with E-state index in [1.165, 1.54) is 45.7 Å². The van der Waals surface area contributed by atoms with Gasteiger partial charge in [0.05, 0.1) is 29.9 Å². The highest BCUT2D eigenvalue weighted by Gasteiger charge is 1.79. The summed E-state index contributed by atoms with van der Waals surface area (Å²) < 4.78 is 13.2. The molecule has 8 rings (SSSR count). The van der Waals surface area contributed by atoms with E-state index in [9.17, 15) is 0 Å². The molecule has 256 valence electrons. The summed E-state index contributed by atoms with van der Waals surface area (Å²) in [7, 11) is 0. The van der Waals surface area contributed by atoms with E-state index in [-0.39, 0.29) is 0 Å². The minimum Gasteiger partial charge on any atom is -0.472 e. The summed E-state index contributed by atoms with van der Waals surface area (Å²) in [6.07, 6.45) is 17.5. The van der Waals surface area contributed by atoms with Gasteiger partial charge in [-0.15, -0.1) is 11.3 Å². The van der Waals surface area contributed by atoms with Gasteiger partial charge in [0.15, 0.2) is 6.39 Å². The largest absolute Gasteiger partial charge is 0.472 e. The Morgan fingerprint density at radius 3 is 1.65 bits per heavy atom. The number of oxazole rings is 1. The summed E-state index contributed by atoms with van der Waals surface area (Å²) in [6, 6.07) is 7.96. The van der Waals surface area contributed by atoms with Crippen molar-refractivity contribution in [2.75, 3.05) is 0 Å². The Bertz CT molecular complexity index is 1270. The Hall–Kier alpha value is -4.85. The SMILES string of the molecule is Cc1cc[nH]c1.Cc1ccn[nH]1.Cc1ccoc1.Cc1ccsc1.Cc1cn[nH]c1.Cc1cnsc1.Cc1cocn1.Cc1cscn1. The van der Waals surface area contributed by atoms with Crippen molar-refractivity contribution in [3.8, 4) is 0 Å². The average molecular weight is 707 g/mol. The van der Waals surface area contributed by atoms with Gasteiger partial charge in [-0.05, 0) is 130 Å². The number of thiophene rings is 1. The zero-order chi connectivity index (χ0) is 35.2. The predicted molar refractivity (Wildman–Crippen MR) is 200 cm³/mol. The molecule has 3 N–H and O–H groups in total. The van der Waals surface area contributed by atoms with Crippen LogP contribution in [-0.2, 0) is 0 Å². The second-order valence-corrected chi connectivity index (χ2v) is 12.1. The van der Waals surface area contributed by atoms with E-state index in [0.717, 1.165) is 17.1 Å². The van der Waals surface area contributed by atoms with Crippen molar-refractivity contribution in [2.24, 2.45) is 0 Å². The van der Waals surface area contributed by atoms with E-state index >= 15 is 0 Å². The standard InChI is InChI=1S/C5H7N.C5H6O.C5H6S.2C4H6N2.C4H5NO.2C4H5NS/c3*1-5-2-3-6-4-5;1-4-2-5-6-3-4;1-4-2-3-5-6-4;2*1-4-2-6-3-5-4;1-4-2-5-6-3-4/h2-4,6H,1H3;2*2-4H,1H3;2*2-3H,1H3,(H,5,6);3*2-3H,1H3. The van der Waals surface area contributed by atoms with Crippen molar-refractivity contribution in [3.63, 3.8) is 0 Å². The van der Waals surface area contributed by atoms with Crippen LogP contribution in [0.1, 0.15) is 44.9 Å². The lowest BCUT2D eigenvalue weighted by Gasteiger charge is -1.68. The third-order valence-corrected chi connectivity index (χ3v) is 7.23. The number of thiazole rings is 1. The third kappa shape index (κ3) is 25.4. The minimum atomic E-state index is 0.926. The van der Waals surface area contributed by atoms with Crippen LogP contribution in [0.3, 0.4) is 0 Å². The lowest BCUT2D eigenvalue weighted by molar-refractivity contribution is 0.557. The maximum absolute atomic E-state index is 4.71. The zero-order valence-electron chi connectivity index (χ0n) is 28.7. The molecule has 0 aliphatic heterocycles. The quantitative estimate of drug-likeness (QED) is 0.143. The van der Waals surface area contributed by atoms with Crippen LogP contribution in [0.4, 0.5) is 0 Å². The molecular formula is C35H46N8O2S3. The lowest BCUT2D eigenvalue weighted by Crippen LogP contribution is -1.65. The third-order valence-electron chi connectivity index (χ3n) is 5.02. The molecule has 0 radical (unpaired) electrons. The van der Waals surface area contributed by atoms with Gasteiger partial charge in [0.1, 0.15) is 6.26 Å². The van der Waals surface area contributed by atoms with E-state index < -0.39 is 0 Å². The predicted octanol–water partition coefficient (Wildman–Crippen LogP) is 10.3. The first-order valence-corrected chi connectivity index (χ1v) is 17.4. The number of aromatic amines is 3. The number of H-pyrrole nitrogens is 3. The van der Waals surface area contributed by atoms with Crippen molar-refractivity contribution in [3.05, 3.63) is 159 Å². The molecule has 0 bridgehead atoms.